The maximum atomic E-state index is 5.46. The molecular weight excluding hydrogens is 332 g/mol. The van der Waals surface area contributed by atoms with Crippen molar-refractivity contribution in [2.24, 2.45) is 0 Å². The second-order valence-electron chi connectivity index (χ2n) is 5.60. The third-order valence-electron chi connectivity index (χ3n) is 3.94. The Balaban J connectivity index is 1.61. The van der Waals surface area contributed by atoms with Crippen molar-refractivity contribution in [2.75, 3.05) is 20.8 Å². The van der Waals surface area contributed by atoms with Gasteiger partial charge in [-0.3, -0.25) is 0 Å². The molecule has 0 spiro atoms. The molecule has 1 aromatic heterocycles. The van der Waals surface area contributed by atoms with Gasteiger partial charge < -0.3 is 14.8 Å². The molecule has 25 heavy (non-hydrogen) atoms. The first-order valence-corrected chi connectivity index (χ1v) is 9.03. The molecule has 5 heteroatoms. The van der Waals surface area contributed by atoms with E-state index in [1.165, 1.54) is 5.56 Å². The molecule has 0 amide bonds. The van der Waals surface area contributed by atoms with Crippen LogP contribution < -0.4 is 14.8 Å². The molecule has 0 bridgehead atoms. The molecule has 0 aliphatic carbocycles. The zero-order valence-corrected chi connectivity index (χ0v) is 15.3. The molecule has 1 heterocycles. The Bertz CT molecular complexity index is 802. The topological polar surface area (TPSA) is 43.4 Å². The summed E-state index contributed by atoms with van der Waals surface area (Å²) in [4.78, 5) is 5.61. The molecule has 3 rings (SSSR count). The van der Waals surface area contributed by atoms with Gasteiger partial charge in [-0.05, 0) is 36.7 Å². The van der Waals surface area contributed by atoms with E-state index in [2.05, 4.69) is 34.6 Å². The second-order valence-corrected chi connectivity index (χ2v) is 6.71. The number of ether oxygens (including phenoxy) is 2. The summed E-state index contributed by atoms with van der Waals surface area (Å²) < 4.78 is 10.8. The first-order chi connectivity index (χ1) is 12.3. The molecule has 1 N–H and O–H groups in total. The van der Waals surface area contributed by atoms with Crippen LogP contribution >= 0.6 is 11.3 Å². The SMILES string of the molecule is COc1ccc(OC)c(-c2cnc(CNCCc3ccccc3)s2)c1. The highest BCUT2D eigenvalue weighted by atomic mass is 32.1. The predicted octanol–water partition coefficient (Wildman–Crippen LogP) is 4.16. The van der Waals surface area contributed by atoms with Gasteiger partial charge in [-0.2, -0.15) is 0 Å². The monoisotopic (exact) mass is 354 g/mol. The minimum atomic E-state index is 0.768. The van der Waals surface area contributed by atoms with Crippen molar-refractivity contribution < 1.29 is 9.47 Å². The number of rotatable bonds is 8. The highest BCUT2D eigenvalue weighted by molar-refractivity contribution is 7.15. The van der Waals surface area contributed by atoms with Gasteiger partial charge >= 0.3 is 0 Å². The van der Waals surface area contributed by atoms with Crippen LogP contribution in [0.5, 0.6) is 11.5 Å². The van der Waals surface area contributed by atoms with E-state index in [9.17, 15) is 0 Å². The van der Waals surface area contributed by atoms with Gasteiger partial charge in [0.15, 0.2) is 0 Å². The number of hydrogen-bond acceptors (Lipinski definition) is 5. The molecular formula is C20H22N2O2S. The van der Waals surface area contributed by atoms with Gasteiger partial charge in [0.1, 0.15) is 16.5 Å². The van der Waals surface area contributed by atoms with E-state index in [1.54, 1.807) is 25.6 Å². The summed E-state index contributed by atoms with van der Waals surface area (Å²) in [6.07, 6.45) is 2.92. The molecule has 0 radical (unpaired) electrons. The van der Waals surface area contributed by atoms with Gasteiger partial charge in [-0.15, -0.1) is 11.3 Å². The van der Waals surface area contributed by atoms with E-state index < -0.39 is 0 Å². The molecule has 0 atom stereocenters. The molecule has 130 valence electrons. The summed E-state index contributed by atoms with van der Waals surface area (Å²) in [6, 6.07) is 16.3. The van der Waals surface area contributed by atoms with Crippen LogP contribution in [0.4, 0.5) is 0 Å². The van der Waals surface area contributed by atoms with Crippen molar-refractivity contribution in [3.8, 4) is 21.9 Å². The van der Waals surface area contributed by atoms with Crippen LogP contribution in [0.25, 0.3) is 10.4 Å². The van der Waals surface area contributed by atoms with Gasteiger partial charge in [-0.1, -0.05) is 30.3 Å². The molecule has 2 aromatic carbocycles. The number of nitrogens with one attached hydrogen (secondary N) is 1. The summed E-state index contributed by atoms with van der Waals surface area (Å²) in [7, 11) is 3.35. The van der Waals surface area contributed by atoms with Crippen molar-refractivity contribution in [3.05, 3.63) is 65.3 Å². The van der Waals surface area contributed by atoms with Crippen molar-refractivity contribution in [1.29, 1.82) is 0 Å². The highest BCUT2D eigenvalue weighted by Gasteiger charge is 2.11. The summed E-state index contributed by atoms with van der Waals surface area (Å²) in [6.45, 7) is 1.70. The Morgan fingerprint density at radius 2 is 1.88 bits per heavy atom. The maximum absolute atomic E-state index is 5.46. The van der Waals surface area contributed by atoms with Crippen molar-refractivity contribution in [2.45, 2.75) is 13.0 Å². The Hall–Kier alpha value is -2.37. The van der Waals surface area contributed by atoms with Crippen molar-refractivity contribution in [1.82, 2.24) is 10.3 Å². The number of thiazole rings is 1. The molecule has 4 nitrogen and oxygen atoms in total. The largest absolute Gasteiger partial charge is 0.497 e. The molecule has 0 aliphatic rings. The zero-order chi connectivity index (χ0) is 17.5. The fourth-order valence-electron chi connectivity index (χ4n) is 2.60. The lowest BCUT2D eigenvalue weighted by molar-refractivity contribution is 0.404. The Morgan fingerprint density at radius 3 is 2.64 bits per heavy atom. The van der Waals surface area contributed by atoms with E-state index >= 15 is 0 Å². The Kier molecular flexibility index (Phi) is 6.04. The molecule has 0 saturated carbocycles. The molecule has 0 unspecified atom stereocenters. The van der Waals surface area contributed by atoms with Gasteiger partial charge in [0, 0.05) is 18.3 Å². The number of hydrogen-bond donors (Lipinski definition) is 1. The molecule has 0 fully saturated rings. The number of benzene rings is 2. The van der Waals surface area contributed by atoms with Crippen LogP contribution in [-0.2, 0) is 13.0 Å². The van der Waals surface area contributed by atoms with E-state index in [4.69, 9.17) is 9.47 Å². The van der Waals surface area contributed by atoms with E-state index in [-0.39, 0.29) is 0 Å². The summed E-state index contributed by atoms with van der Waals surface area (Å²) in [5.41, 5.74) is 2.35. The van der Waals surface area contributed by atoms with Gasteiger partial charge in [0.05, 0.1) is 19.1 Å². The molecule has 3 aromatic rings. The van der Waals surface area contributed by atoms with Crippen LogP contribution in [0, 0.1) is 0 Å². The average Bonchev–Trinajstić information content (AvgIpc) is 3.14. The minimum Gasteiger partial charge on any atom is -0.497 e. The fraction of sp³-hybridized carbons (Fsp3) is 0.250. The summed E-state index contributed by atoms with van der Waals surface area (Å²) >= 11 is 1.67. The predicted molar refractivity (Wildman–Crippen MR) is 103 cm³/mol. The number of methoxy groups -OCH3 is 2. The summed E-state index contributed by atoms with van der Waals surface area (Å²) in [5.74, 6) is 1.64. The smallest absolute Gasteiger partial charge is 0.127 e. The second kappa shape index (κ2) is 8.65. The van der Waals surface area contributed by atoms with E-state index in [0.717, 1.165) is 46.5 Å². The van der Waals surface area contributed by atoms with Crippen molar-refractivity contribution in [3.63, 3.8) is 0 Å². The van der Waals surface area contributed by atoms with Crippen LogP contribution in [-0.4, -0.2) is 25.7 Å². The third-order valence-corrected chi connectivity index (χ3v) is 4.97. The van der Waals surface area contributed by atoms with Gasteiger partial charge in [0.2, 0.25) is 0 Å². The van der Waals surface area contributed by atoms with Crippen LogP contribution in [0.1, 0.15) is 10.6 Å². The average molecular weight is 354 g/mol. The van der Waals surface area contributed by atoms with Gasteiger partial charge in [-0.25, -0.2) is 4.98 Å². The van der Waals surface area contributed by atoms with Crippen LogP contribution in [0.3, 0.4) is 0 Å². The Labute approximate surface area is 152 Å². The normalized spacial score (nSPS) is 10.6. The van der Waals surface area contributed by atoms with Crippen molar-refractivity contribution >= 4 is 11.3 Å². The van der Waals surface area contributed by atoms with Crippen LogP contribution in [0.15, 0.2) is 54.7 Å². The zero-order valence-electron chi connectivity index (χ0n) is 14.5. The summed E-state index contributed by atoms with van der Waals surface area (Å²) in [5, 5.41) is 4.52. The first kappa shape index (κ1) is 17.5. The lowest BCUT2D eigenvalue weighted by Crippen LogP contribution is -2.16. The lowest BCUT2D eigenvalue weighted by atomic mass is 10.1. The maximum Gasteiger partial charge on any atom is 0.127 e. The quantitative estimate of drug-likeness (QED) is 0.617. The molecule has 0 aliphatic heterocycles. The van der Waals surface area contributed by atoms with E-state index in [1.807, 2.05) is 30.5 Å². The Morgan fingerprint density at radius 1 is 1.04 bits per heavy atom. The third kappa shape index (κ3) is 4.59. The standard InChI is InChI=1S/C20H22N2O2S/c1-23-16-8-9-18(24-2)17(12-16)19-13-22-20(25-19)14-21-11-10-15-6-4-3-5-7-15/h3-9,12-13,21H,10-11,14H2,1-2H3. The van der Waals surface area contributed by atoms with Gasteiger partial charge in [0.25, 0.3) is 0 Å². The van der Waals surface area contributed by atoms with Crippen LogP contribution in [0.2, 0.25) is 0 Å². The fourth-order valence-corrected chi connectivity index (χ4v) is 3.50. The minimum absolute atomic E-state index is 0.768. The first-order valence-electron chi connectivity index (χ1n) is 8.22. The number of aromatic nitrogens is 1. The molecule has 0 saturated heterocycles. The highest BCUT2D eigenvalue weighted by Crippen LogP contribution is 2.36. The number of nitrogens with zero attached hydrogens (tertiary/aromatic N) is 1. The van der Waals surface area contributed by atoms with E-state index in [0.29, 0.717) is 0 Å². The lowest BCUT2D eigenvalue weighted by Gasteiger charge is -2.08.